The number of nitrogens with two attached hydrogens (primary N) is 1. The van der Waals surface area contributed by atoms with Crippen molar-refractivity contribution in [1.29, 1.82) is 0 Å². The number of anilines is 1. The lowest BCUT2D eigenvalue weighted by Gasteiger charge is -2.03. The second-order valence-electron chi connectivity index (χ2n) is 4.16. The largest absolute Gasteiger partial charge is 0.367 e. The molecular weight excluding hydrogens is 280 g/mol. The maximum atomic E-state index is 6.23. The van der Waals surface area contributed by atoms with Crippen LogP contribution in [0.1, 0.15) is 4.88 Å². The van der Waals surface area contributed by atoms with Gasteiger partial charge in [0.25, 0.3) is 0 Å². The van der Waals surface area contributed by atoms with Crippen molar-refractivity contribution in [3.8, 4) is 21.7 Å². The summed E-state index contributed by atoms with van der Waals surface area (Å²) in [5.74, 6) is 0.286. The zero-order chi connectivity index (χ0) is 13.4. The molecule has 0 aliphatic rings. The van der Waals surface area contributed by atoms with Crippen LogP contribution in [0.15, 0.2) is 40.9 Å². The minimum Gasteiger partial charge on any atom is -0.367 e. The summed E-state index contributed by atoms with van der Waals surface area (Å²) in [6.07, 6.45) is 0. The van der Waals surface area contributed by atoms with Crippen LogP contribution in [-0.2, 0) is 0 Å². The Morgan fingerprint density at radius 3 is 2.68 bits per heavy atom. The van der Waals surface area contributed by atoms with Gasteiger partial charge in [0.05, 0.1) is 10.4 Å². The lowest BCUT2D eigenvalue weighted by molar-refractivity contribution is 0.439. The molecule has 0 aliphatic carbocycles. The Hall–Kier alpha value is -1.78. The maximum absolute atomic E-state index is 6.23. The van der Waals surface area contributed by atoms with Gasteiger partial charge in [-0.2, -0.15) is 0 Å². The summed E-state index contributed by atoms with van der Waals surface area (Å²) in [5.41, 5.74) is 8.24. The zero-order valence-electron chi connectivity index (χ0n) is 10.2. The predicted octanol–water partition coefficient (Wildman–Crippen LogP) is 4.61. The van der Waals surface area contributed by atoms with Gasteiger partial charge in [0.2, 0.25) is 5.88 Å². The normalized spacial score (nSPS) is 10.8. The molecule has 0 amide bonds. The van der Waals surface area contributed by atoms with Crippen LogP contribution in [0.5, 0.6) is 0 Å². The van der Waals surface area contributed by atoms with Crippen molar-refractivity contribution >= 4 is 28.8 Å². The van der Waals surface area contributed by atoms with E-state index in [2.05, 4.69) is 5.16 Å². The van der Waals surface area contributed by atoms with E-state index in [-0.39, 0.29) is 5.88 Å². The van der Waals surface area contributed by atoms with Crippen LogP contribution in [0.4, 0.5) is 5.88 Å². The molecule has 3 aromatic rings. The highest BCUT2D eigenvalue weighted by Gasteiger charge is 2.20. The summed E-state index contributed by atoms with van der Waals surface area (Å²) in [4.78, 5) is 2.23. The molecule has 5 heteroatoms. The lowest BCUT2D eigenvalue weighted by Crippen LogP contribution is -1.87. The Balaban J connectivity index is 2.22. The highest BCUT2D eigenvalue weighted by molar-refractivity contribution is 7.15. The van der Waals surface area contributed by atoms with E-state index < -0.39 is 0 Å². The average Bonchev–Trinajstić information content (AvgIpc) is 2.96. The van der Waals surface area contributed by atoms with E-state index >= 15 is 0 Å². The molecule has 0 unspecified atom stereocenters. The van der Waals surface area contributed by atoms with Gasteiger partial charge in [-0.25, -0.2) is 0 Å². The van der Waals surface area contributed by atoms with E-state index in [1.807, 2.05) is 43.3 Å². The van der Waals surface area contributed by atoms with Gasteiger partial charge in [0.1, 0.15) is 5.69 Å². The van der Waals surface area contributed by atoms with Gasteiger partial charge in [-0.1, -0.05) is 35.0 Å². The number of benzene rings is 1. The molecule has 0 saturated carbocycles. The Labute approximate surface area is 119 Å². The number of hydrogen-bond donors (Lipinski definition) is 1. The molecule has 3 nitrogen and oxygen atoms in total. The fraction of sp³-hybridized carbons (Fsp3) is 0.0714. The van der Waals surface area contributed by atoms with Crippen LogP contribution in [0, 0.1) is 6.92 Å². The van der Waals surface area contributed by atoms with Crippen molar-refractivity contribution in [3.05, 3.63) is 46.3 Å². The number of rotatable bonds is 2. The second kappa shape index (κ2) is 4.72. The molecule has 0 spiro atoms. The van der Waals surface area contributed by atoms with Crippen LogP contribution >= 0.6 is 22.9 Å². The molecule has 1 aromatic carbocycles. The van der Waals surface area contributed by atoms with Gasteiger partial charge in [0, 0.05) is 15.5 Å². The number of hydrogen-bond acceptors (Lipinski definition) is 4. The minimum absolute atomic E-state index is 0.286. The maximum Gasteiger partial charge on any atom is 0.230 e. The predicted molar refractivity (Wildman–Crippen MR) is 79.4 cm³/mol. The summed E-state index contributed by atoms with van der Waals surface area (Å²) >= 11 is 7.88. The molecule has 19 heavy (non-hydrogen) atoms. The van der Waals surface area contributed by atoms with Gasteiger partial charge >= 0.3 is 0 Å². The van der Waals surface area contributed by atoms with Gasteiger partial charge in [-0.05, 0) is 25.1 Å². The lowest BCUT2D eigenvalue weighted by atomic mass is 10.0. The van der Waals surface area contributed by atoms with Crippen molar-refractivity contribution in [1.82, 2.24) is 5.16 Å². The monoisotopic (exact) mass is 290 g/mol. The molecule has 0 saturated heterocycles. The summed E-state index contributed by atoms with van der Waals surface area (Å²) in [6, 6.07) is 11.6. The van der Waals surface area contributed by atoms with Crippen molar-refractivity contribution in [3.63, 3.8) is 0 Å². The number of aromatic nitrogens is 1. The molecule has 3 rings (SSSR count). The smallest absolute Gasteiger partial charge is 0.230 e. The van der Waals surface area contributed by atoms with Crippen LogP contribution in [0.3, 0.4) is 0 Å². The van der Waals surface area contributed by atoms with E-state index in [4.69, 9.17) is 21.9 Å². The molecule has 0 aliphatic heterocycles. The molecular formula is C14H11ClN2OS. The van der Waals surface area contributed by atoms with Crippen LogP contribution in [-0.4, -0.2) is 5.16 Å². The van der Waals surface area contributed by atoms with Gasteiger partial charge in [-0.15, -0.1) is 11.3 Å². The summed E-state index contributed by atoms with van der Waals surface area (Å²) in [6.45, 7) is 2.05. The van der Waals surface area contributed by atoms with Gasteiger partial charge < -0.3 is 10.3 Å². The number of halogens is 1. The van der Waals surface area contributed by atoms with Crippen molar-refractivity contribution in [2.45, 2.75) is 6.92 Å². The second-order valence-corrected chi connectivity index (χ2v) is 5.86. The fourth-order valence-corrected chi connectivity index (χ4v) is 3.04. The number of aryl methyl sites for hydroxylation is 1. The first-order valence-electron chi connectivity index (χ1n) is 5.73. The molecule has 2 aromatic heterocycles. The van der Waals surface area contributed by atoms with Gasteiger partial charge in [-0.3, -0.25) is 0 Å². The Morgan fingerprint density at radius 2 is 2.00 bits per heavy atom. The SMILES string of the molecule is Cc1ccc(-c2noc(N)c2-c2ccccc2Cl)s1. The first-order valence-corrected chi connectivity index (χ1v) is 6.93. The minimum atomic E-state index is 0.286. The quantitative estimate of drug-likeness (QED) is 0.749. The van der Waals surface area contributed by atoms with Gasteiger partial charge in [0.15, 0.2) is 0 Å². The summed E-state index contributed by atoms with van der Waals surface area (Å²) < 4.78 is 5.14. The molecule has 0 radical (unpaired) electrons. The Morgan fingerprint density at radius 1 is 1.21 bits per heavy atom. The Kier molecular flexibility index (Phi) is 3.05. The topological polar surface area (TPSA) is 52.0 Å². The molecule has 2 N–H and O–H groups in total. The number of nitrogen functional groups attached to an aromatic ring is 1. The van der Waals surface area contributed by atoms with E-state index in [1.54, 1.807) is 11.3 Å². The van der Waals surface area contributed by atoms with Crippen molar-refractivity contribution in [2.24, 2.45) is 0 Å². The zero-order valence-corrected chi connectivity index (χ0v) is 11.8. The summed E-state index contributed by atoms with van der Waals surface area (Å²) in [5, 5.41) is 4.70. The highest BCUT2D eigenvalue weighted by atomic mass is 35.5. The first-order chi connectivity index (χ1) is 9.16. The number of thiophene rings is 1. The third-order valence-corrected chi connectivity index (χ3v) is 4.17. The van der Waals surface area contributed by atoms with E-state index in [1.165, 1.54) is 4.88 Å². The Bertz CT molecular complexity index is 733. The van der Waals surface area contributed by atoms with Crippen LogP contribution in [0.25, 0.3) is 21.7 Å². The van der Waals surface area contributed by atoms with E-state index in [9.17, 15) is 0 Å². The van der Waals surface area contributed by atoms with E-state index in [0.29, 0.717) is 5.02 Å². The van der Waals surface area contributed by atoms with E-state index in [0.717, 1.165) is 21.7 Å². The first kappa shape index (κ1) is 12.3. The van der Waals surface area contributed by atoms with Crippen molar-refractivity contribution in [2.75, 3.05) is 5.73 Å². The number of nitrogens with zero attached hydrogens (tertiary/aromatic N) is 1. The standard InChI is InChI=1S/C14H11ClN2OS/c1-8-6-7-11(19-8)13-12(14(16)18-17-13)9-4-2-3-5-10(9)15/h2-7H,16H2,1H3. The average molecular weight is 291 g/mol. The highest BCUT2D eigenvalue weighted by Crippen LogP contribution is 2.41. The molecule has 0 atom stereocenters. The van der Waals surface area contributed by atoms with Crippen LogP contribution in [0.2, 0.25) is 5.02 Å². The third-order valence-electron chi connectivity index (χ3n) is 2.84. The van der Waals surface area contributed by atoms with Crippen molar-refractivity contribution < 1.29 is 4.52 Å². The molecule has 0 bridgehead atoms. The fourth-order valence-electron chi connectivity index (χ4n) is 1.96. The van der Waals surface area contributed by atoms with Crippen LogP contribution < -0.4 is 5.73 Å². The third kappa shape index (κ3) is 2.13. The summed E-state index contributed by atoms with van der Waals surface area (Å²) in [7, 11) is 0. The molecule has 2 heterocycles. The molecule has 96 valence electrons. The molecule has 0 fully saturated rings.